The number of nitrogens with one attached hydrogen (secondary N) is 1. The topological polar surface area (TPSA) is 21.3 Å². The quantitative estimate of drug-likeness (QED) is 0.742. The van der Waals surface area contributed by atoms with Gasteiger partial charge >= 0.3 is 0 Å². The van der Waals surface area contributed by atoms with Gasteiger partial charge in [0.1, 0.15) is 0 Å². The lowest BCUT2D eigenvalue weighted by Gasteiger charge is -2.33. The van der Waals surface area contributed by atoms with Crippen LogP contribution in [0.15, 0.2) is 11.6 Å². The van der Waals surface area contributed by atoms with Crippen molar-refractivity contribution in [3.8, 4) is 0 Å². The zero-order valence-corrected chi connectivity index (χ0v) is 14.5. The van der Waals surface area contributed by atoms with Gasteiger partial charge in [0.25, 0.3) is 0 Å². The lowest BCUT2D eigenvalue weighted by Crippen LogP contribution is -2.43. The highest BCUT2D eigenvalue weighted by Crippen LogP contribution is 2.38. The third-order valence-corrected chi connectivity index (χ3v) is 5.54. The maximum atomic E-state index is 6.13. The summed E-state index contributed by atoms with van der Waals surface area (Å²) in [5.41, 5.74) is 1.67. The minimum atomic E-state index is 0.371. The molecule has 1 heterocycles. The molecule has 2 rings (SSSR count). The summed E-state index contributed by atoms with van der Waals surface area (Å²) >= 11 is 0. The highest BCUT2D eigenvalue weighted by atomic mass is 16.5. The van der Waals surface area contributed by atoms with Gasteiger partial charge in [-0.1, -0.05) is 38.3 Å². The van der Waals surface area contributed by atoms with Crippen molar-refractivity contribution in [1.82, 2.24) is 5.32 Å². The molecule has 0 radical (unpaired) electrons. The number of ether oxygens (including phenoxy) is 1. The summed E-state index contributed by atoms with van der Waals surface area (Å²) < 4.78 is 6.13. The van der Waals surface area contributed by atoms with Crippen LogP contribution in [0.1, 0.15) is 72.6 Å². The van der Waals surface area contributed by atoms with Crippen LogP contribution in [0.4, 0.5) is 0 Å². The summed E-state index contributed by atoms with van der Waals surface area (Å²) in [6, 6.07) is 0.526. The molecule has 0 aromatic heterocycles. The van der Waals surface area contributed by atoms with E-state index in [9.17, 15) is 0 Å². The first-order valence-corrected chi connectivity index (χ1v) is 9.23. The van der Waals surface area contributed by atoms with Crippen LogP contribution in [0.5, 0.6) is 0 Å². The summed E-state index contributed by atoms with van der Waals surface area (Å²) in [7, 11) is 0. The SMILES string of the molecule is CCCNC(C1=CCCCCCC1)C1C(C)OC(C)C1C. The zero-order valence-electron chi connectivity index (χ0n) is 14.5. The highest BCUT2D eigenvalue weighted by Gasteiger charge is 2.42. The van der Waals surface area contributed by atoms with Gasteiger partial charge in [-0.25, -0.2) is 0 Å². The van der Waals surface area contributed by atoms with Crippen molar-refractivity contribution < 1.29 is 4.74 Å². The summed E-state index contributed by atoms with van der Waals surface area (Å²) in [6.07, 6.45) is 12.6. The predicted molar refractivity (Wildman–Crippen MR) is 90.5 cm³/mol. The van der Waals surface area contributed by atoms with Crippen molar-refractivity contribution in [3.63, 3.8) is 0 Å². The first-order chi connectivity index (χ1) is 10.1. The largest absolute Gasteiger partial charge is 0.375 e. The van der Waals surface area contributed by atoms with Crippen molar-refractivity contribution in [2.75, 3.05) is 6.54 Å². The molecule has 1 fully saturated rings. The van der Waals surface area contributed by atoms with Gasteiger partial charge in [0, 0.05) is 12.0 Å². The molecule has 5 unspecified atom stereocenters. The average molecular weight is 293 g/mol. The minimum Gasteiger partial charge on any atom is -0.375 e. The Morgan fingerprint density at radius 2 is 1.90 bits per heavy atom. The van der Waals surface area contributed by atoms with Crippen LogP contribution >= 0.6 is 0 Å². The third-order valence-electron chi connectivity index (χ3n) is 5.54. The average Bonchev–Trinajstić information content (AvgIpc) is 2.66. The molecule has 0 bridgehead atoms. The summed E-state index contributed by atoms with van der Waals surface area (Å²) in [5.74, 6) is 1.26. The molecule has 2 aliphatic rings. The van der Waals surface area contributed by atoms with Crippen molar-refractivity contribution in [1.29, 1.82) is 0 Å². The van der Waals surface area contributed by atoms with Crippen LogP contribution < -0.4 is 5.32 Å². The summed E-state index contributed by atoms with van der Waals surface area (Å²) in [5, 5.41) is 3.86. The molecule has 0 saturated carbocycles. The Hall–Kier alpha value is -0.340. The summed E-state index contributed by atoms with van der Waals surface area (Å²) in [6.45, 7) is 10.3. The summed E-state index contributed by atoms with van der Waals surface area (Å²) in [4.78, 5) is 0. The first-order valence-electron chi connectivity index (χ1n) is 9.23. The Labute approximate surface area is 131 Å². The third kappa shape index (κ3) is 4.32. The Morgan fingerprint density at radius 1 is 1.14 bits per heavy atom. The standard InChI is InChI=1S/C19H35NO/c1-5-13-20-19(17-11-9-7-6-8-10-12-17)18-14(2)15(3)21-16(18)4/h11,14-16,18-20H,5-10,12-13H2,1-4H3. The molecular weight excluding hydrogens is 258 g/mol. The van der Waals surface area contributed by atoms with E-state index in [0.717, 1.165) is 6.54 Å². The molecular formula is C19H35NO. The van der Waals surface area contributed by atoms with Gasteiger partial charge in [-0.3, -0.25) is 0 Å². The van der Waals surface area contributed by atoms with Gasteiger partial charge in [0.2, 0.25) is 0 Å². The molecule has 1 saturated heterocycles. The Balaban J connectivity index is 2.16. The van der Waals surface area contributed by atoms with Gasteiger partial charge in [0.15, 0.2) is 0 Å². The number of hydrogen-bond donors (Lipinski definition) is 1. The lowest BCUT2D eigenvalue weighted by atomic mass is 9.78. The molecule has 0 aromatic rings. The predicted octanol–water partition coefficient (Wildman–Crippen LogP) is 4.69. The Morgan fingerprint density at radius 3 is 2.57 bits per heavy atom. The van der Waals surface area contributed by atoms with Gasteiger partial charge in [-0.15, -0.1) is 0 Å². The van der Waals surface area contributed by atoms with Crippen LogP contribution in [0.3, 0.4) is 0 Å². The second-order valence-electron chi connectivity index (χ2n) is 7.15. The van der Waals surface area contributed by atoms with E-state index in [0.29, 0.717) is 30.1 Å². The molecule has 1 aliphatic carbocycles. The van der Waals surface area contributed by atoms with Gasteiger partial charge in [-0.2, -0.15) is 0 Å². The molecule has 5 atom stereocenters. The molecule has 1 aliphatic heterocycles. The van der Waals surface area contributed by atoms with Crippen LogP contribution in [0.2, 0.25) is 0 Å². The Kier molecular flexibility index (Phi) is 6.75. The fourth-order valence-electron chi connectivity index (χ4n) is 4.18. The van der Waals surface area contributed by atoms with Crippen LogP contribution in [-0.2, 0) is 4.74 Å². The minimum absolute atomic E-state index is 0.371. The zero-order chi connectivity index (χ0) is 15.2. The number of rotatable bonds is 5. The molecule has 0 amide bonds. The molecule has 0 spiro atoms. The lowest BCUT2D eigenvalue weighted by molar-refractivity contribution is 0.0487. The van der Waals surface area contributed by atoms with Crippen molar-refractivity contribution in [3.05, 3.63) is 11.6 Å². The van der Waals surface area contributed by atoms with Crippen LogP contribution in [0, 0.1) is 11.8 Å². The van der Waals surface area contributed by atoms with E-state index in [2.05, 4.69) is 39.1 Å². The second kappa shape index (κ2) is 8.33. The van der Waals surface area contributed by atoms with Crippen molar-refractivity contribution in [2.24, 2.45) is 11.8 Å². The van der Waals surface area contributed by atoms with Crippen molar-refractivity contribution >= 4 is 0 Å². The maximum absolute atomic E-state index is 6.13. The van der Waals surface area contributed by atoms with E-state index in [4.69, 9.17) is 4.74 Å². The van der Waals surface area contributed by atoms with E-state index in [1.165, 1.54) is 44.9 Å². The molecule has 21 heavy (non-hydrogen) atoms. The van der Waals surface area contributed by atoms with Gasteiger partial charge in [0.05, 0.1) is 12.2 Å². The molecule has 0 aromatic carbocycles. The molecule has 1 N–H and O–H groups in total. The Bertz CT molecular complexity index is 338. The maximum Gasteiger partial charge on any atom is 0.0600 e. The van der Waals surface area contributed by atoms with E-state index < -0.39 is 0 Å². The monoisotopic (exact) mass is 293 g/mol. The molecule has 2 nitrogen and oxygen atoms in total. The van der Waals surface area contributed by atoms with E-state index in [-0.39, 0.29) is 0 Å². The highest BCUT2D eigenvalue weighted by molar-refractivity contribution is 5.16. The van der Waals surface area contributed by atoms with Crippen LogP contribution in [0.25, 0.3) is 0 Å². The normalized spacial score (nSPS) is 35.9. The van der Waals surface area contributed by atoms with E-state index in [1.807, 2.05) is 0 Å². The van der Waals surface area contributed by atoms with Crippen molar-refractivity contribution in [2.45, 2.75) is 90.9 Å². The van der Waals surface area contributed by atoms with E-state index >= 15 is 0 Å². The smallest absolute Gasteiger partial charge is 0.0600 e. The van der Waals surface area contributed by atoms with Crippen LogP contribution in [-0.4, -0.2) is 24.8 Å². The first kappa shape index (κ1) is 17.0. The van der Waals surface area contributed by atoms with E-state index in [1.54, 1.807) is 5.57 Å². The van der Waals surface area contributed by atoms with Gasteiger partial charge < -0.3 is 10.1 Å². The number of allylic oxidation sites excluding steroid dienone is 1. The second-order valence-corrected chi connectivity index (χ2v) is 7.15. The fraction of sp³-hybridized carbons (Fsp3) is 0.895. The molecule has 122 valence electrons. The fourth-order valence-corrected chi connectivity index (χ4v) is 4.18. The number of hydrogen-bond acceptors (Lipinski definition) is 2. The molecule has 2 heteroatoms. The van der Waals surface area contributed by atoms with Gasteiger partial charge in [-0.05, 0) is 58.4 Å².